The van der Waals surface area contributed by atoms with Gasteiger partial charge in [0.2, 0.25) is 0 Å². The zero-order valence-corrected chi connectivity index (χ0v) is 9.12. The van der Waals surface area contributed by atoms with Crippen LogP contribution in [0.1, 0.15) is 33.1 Å². The summed E-state index contributed by atoms with van der Waals surface area (Å²) in [6.07, 6.45) is 3.26. The zero-order valence-electron chi connectivity index (χ0n) is 9.12. The van der Waals surface area contributed by atoms with Crippen molar-refractivity contribution in [2.24, 2.45) is 5.92 Å². The molecule has 0 radical (unpaired) electrons. The Morgan fingerprint density at radius 2 is 2.20 bits per heavy atom. The lowest BCUT2D eigenvalue weighted by molar-refractivity contribution is -0.138. The molecule has 3 atom stereocenters. The smallest absolute Gasteiger partial charge is 0.325 e. The van der Waals surface area contributed by atoms with Crippen molar-refractivity contribution in [3.63, 3.8) is 0 Å². The van der Waals surface area contributed by atoms with Gasteiger partial charge in [0.15, 0.2) is 0 Å². The fourth-order valence-electron chi connectivity index (χ4n) is 1.58. The number of nitrogens with one attached hydrogen (secondary N) is 2. The van der Waals surface area contributed by atoms with Crippen molar-refractivity contribution in [2.75, 3.05) is 0 Å². The van der Waals surface area contributed by atoms with E-state index in [0.717, 1.165) is 19.3 Å². The summed E-state index contributed by atoms with van der Waals surface area (Å²) >= 11 is 0. The second kappa shape index (κ2) is 5.00. The summed E-state index contributed by atoms with van der Waals surface area (Å²) in [5.41, 5.74) is 0. The van der Waals surface area contributed by atoms with Gasteiger partial charge in [-0.05, 0) is 25.7 Å². The number of carboxylic acids is 1. The monoisotopic (exact) mass is 214 g/mol. The molecule has 1 aliphatic rings. The van der Waals surface area contributed by atoms with Crippen LogP contribution >= 0.6 is 0 Å². The number of aliphatic carboxylic acids is 1. The second-order valence-corrected chi connectivity index (χ2v) is 4.07. The van der Waals surface area contributed by atoms with Crippen molar-refractivity contribution in [1.29, 1.82) is 0 Å². The summed E-state index contributed by atoms with van der Waals surface area (Å²) in [6.45, 7) is 3.56. The van der Waals surface area contributed by atoms with Gasteiger partial charge in [-0.15, -0.1) is 0 Å². The van der Waals surface area contributed by atoms with E-state index in [0.29, 0.717) is 5.92 Å². The fraction of sp³-hybridized carbons (Fsp3) is 0.800. The molecule has 0 aromatic carbocycles. The lowest BCUT2D eigenvalue weighted by Crippen LogP contribution is -2.45. The second-order valence-electron chi connectivity index (χ2n) is 4.07. The third-order valence-corrected chi connectivity index (χ3v) is 2.62. The van der Waals surface area contributed by atoms with Gasteiger partial charge in [-0.25, -0.2) is 4.79 Å². The summed E-state index contributed by atoms with van der Waals surface area (Å²) in [6, 6.07) is -0.979. The molecule has 0 heterocycles. The Labute approximate surface area is 89.2 Å². The molecule has 0 aliphatic heterocycles. The van der Waals surface area contributed by atoms with Crippen LogP contribution < -0.4 is 10.6 Å². The van der Waals surface area contributed by atoms with Gasteiger partial charge in [-0.3, -0.25) is 4.79 Å². The third kappa shape index (κ3) is 3.77. The highest BCUT2D eigenvalue weighted by molar-refractivity contribution is 5.82. The lowest BCUT2D eigenvalue weighted by Gasteiger charge is -2.10. The number of carbonyl (C=O) groups excluding carboxylic acids is 1. The summed E-state index contributed by atoms with van der Waals surface area (Å²) in [7, 11) is 0. The van der Waals surface area contributed by atoms with E-state index in [2.05, 4.69) is 17.6 Å². The van der Waals surface area contributed by atoms with E-state index in [1.807, 2.05) is 0 Å². The van der Waals surface area contributed by atoms with Crippen LogP contribution in [0.3, 0.4) is 0 Å². The zero-order chi connectivity index (χ0) is 11.4. The molecule has 1 aliphatic carbocycles. The van der Waals surface area contributed by atoms with E-state index in [1.54, 1.807) is 0 Å². The number of amides is 2. The van der Waals surface area contributed by atoms with E-state index in [-0.39, 0.29) is 12.1 Å². The summed E-state index contributed by atoms with van der Waals surface area (Å²) in [4.78, 5) is 21.7. The van der Waals surface area contributed by atoms with Crippen LogP contribution in [0, 0.1) is 5.92 Å². The number of urea groups is 1. The van der Waals surface area contributed by atoms with Crippen LogP contribution in [0.4, 0.5) is 4.79 Å². The number of rotatable bonds is 5. The minimum atomic E-state index is -1.02. The van der Waals surface area contributed by atoms with Crippen LogP contribution in [0.25, 0.3) is 0 Å². The molecule has 86 valence electrons. The number of carboxylic acid groups (broad SMARTS) is 1. The molecule has 0 saturated heterocycles. The quantitative estimate of drug-likeness (QED) is 0.637. The molecule has 2 amide bonds. The Morgan fingerprint density at radius 3 is 2.73 bits per heavy atom. The molecule has 0 spiro atoms. The Hall–Kier alpha value is -1.26. The maximum atomic E-state index is 11.3. The van der Waals surface area contributed by atoms with Crippen molar-refractivity contribution in [3.05, 3.63) is 0 Å². The largest absolute Gasteiger partial charge is 0.480 e. The van der Waals surface area contributed by atoms with Gasteiger partial charge in [0.05, 0.1) is 0 Å². The van der Waals surface area contributed by atoms with Crippen molar-refractivity contribution >= 4 is 12.0 Å². The van der Waals surface area contributed by atoms with Crippen molar-refractivity contribution in [1.82, 2.24) is 10.6 Å². The van der Waals surface area contributed by atoms with Crippen LogP contribution in [-0.4, -0.2) is 29.2 Å². The Bertz CT molecular complexity index is 255. The van der Waals surface area contributed by atoms with Gasteiger partial charge in [-0.2, -0.15) is 0 Å². The minimum absolute atomic E-state index is 0.242. The third-order valence-electron chi connectivity index (χ3n) is 2.62. The first kappa shape index (κ1) is 11.8. The summed E-state index contributed by atoms with van der Waals surface area (Å²) < 4.78 is 0. The molecule has 1 rings (SSSR count). The van der Waals surface area contributed by atoms with Crippen LogP contribution in [0.2, 0.25) is 0 Å². The maximum absolute atomic E-state index is 11.3. The molecule has 15 heavy (non-hydrogen) atoms. The van der Waals surface area contributed by atoms with Gasteiger partial charge in [0, 0.05) is 6.04 Å². The van der Waals surface area contributed by atoms with Crippen LogP contribution in [0.15, 0.2) is 0 Å². The molecule has 0 bridgehead atoms. The van der Waals surface area contributed by atoms with Crippen LogP contribution in [0.5, 0.6) is 0 Å². The molecule has 0 aromatic rings. The minimum Gasteiger partial charge on any atom is -0.480 e. The first-order chi connectivity index (χ1) is 7.04. The highest BCUT2D eigenvalue weighted by Crippen LogP contribution is 2.34. The lowest BCUT2D eigenvalue weighted by atomic mass is 10.2. The average Bonchev–Trinajstić information content (AvgIpc) is 2.83. The van der Waals surface area contributed by atoms with Crippen molar-refractivity contribution < 1.29 is 14.7 Å². The normalized spacial score (nSPS) is 25.5. The molecule has 5 heteroatoms. The van der Waals surface area contributed by atoms with Gasteiger partial charge in [0.25, 0.3) is 0 Å². The van der Waals surface area contributed by atoms with Crippen LogP contribution in [-0.2, 0) is 4.79 Å². The van der Waals surface area contributed by atoms with E-state index in [4.69, 9.17) is 5.11 Å². The number of hydrogen-bond donors (Lipinski definition) is 3. The Balaban J connectivity index is 2.18. The van der Waals surface area contributed by atoms with E-state index in [9.17, 15) is 9.59 Å². The molecule has 3 unspecified atom stereocenters. The SMILES string of the molecule is CCCC1CC1NC(=O)NC(C)C(=O)O. The number of carbonyl (C=O) groups is 2. The van der Waals surface area contributed by atoms with E-state index >= 15 is 0 Å². The first-order valence-corrected chi connectivity index (χ1v) is 5.34. The topological polar surface area (TPSA) is 78.4 Å². The van der Waals surface area contributed by atoms with E-state index in [1.165, 1.54) is 6.92 Å². The predicted molar refractivity (Wildman–Crippen MR) is 55.6 cm³/mol. The Morgan fingerprint density at radius 1 is 1.53 bits per heavy atom. The van der Waals surface area contributed by atoms with Crippen molar-refractivity contribution in [3.8, 4) is 0 Å². The molecule has 0 aromatic heterocycles. The number of hydrogen-bond acceptors (Lipinski definition) is 2. The molecule has 1 saturated carbocycles. The molecular formula is C10H18N2O3. The summed E-state index contributed by atoms with van der Waals surface area (Å²) in [5.74, 6) is -0.438. The Kier molecular flexibility index (Phi) is 3.94. The molecule has 3 N–H and O–H groups in total. The van der Waals surface area contributed by atoms with Gasteiger partial charge in [0.1, 0.15) is 6.04 Å². The standard InChI is InChI=1S/C10H18N2O3/c1-3-4-7-5-8(7)12-10(15)11-6(2)9(13)14/h6-8H,3-5H2,1-2H3,(H,13,14)(H2,11,12,15). The molecule has 1 fully saturated rings. The first-order valence-electron chi connectivity index (χ1n) is 5.34. The molecular weight excluding hydrogens is 196 g/mol. The highest BCUT2D eigenvalue weighted by atomic mass is 16.4. The van der Waals surface area contributed by atoms with Gasteiger partial charge >= 0.3 is 12.0 Å². The average molecular weight is 214 g/mol. The molecule has 5 nitrogen and oxygen atoms in total. The van der Waals surface area contributed by atoms with Crippen molar-refractivity contribution in [2.45, 2.75) is 45.2 Å². The maximum Gasteiger partial charge on any atom is 0.325 e. The highest BCUT2D eigenvalue weighted by Gasteiger charge is 2.37. The predicted octanol–water partition coefficient (Wildman–Crippen LogP) is 0.947. The fourth-order valence-corrected chi connectivity index (χ4v) is 1.58. The van der Waals surface area contributed by atoms with E-state index < -0.39 is 12.0 Å². The van der Waals surface area contributed by atoms with Gasteiger partial charge in [-0.1, -0.05) is 13.3 Å². The summed E-state index contributed by atoms with van der Waals surface area (Å²) in [5, 5.41) is 13.7. The van der Waals surface area contributed by atoms with Gasteiger partial charge < -0.3 is 15.7 Å².